The van der Waals surface area contributed by atoms with E-state index in [0.717, 1.165) is 11.4 Å². The Morgan fingerprint density at radius 1 is 1.47 bits per heavy atom. The molecule has 2 aromatic rings. The van der Waals surface area contributed by atoms with Crippen LogP contribution in [0.5, 0.6) is 0 Å². The first kappa shape index (κ1) is 13.4. The lowest BCUT2D eigenvalue weighted by Crippen LogP contribution is -2.18. The van der Waals surface area contributed by atoms with Crippen LogP contribution in [0.15, 0.2) is 36.7 Å². The largest absolute Gasteiger partial charge is 0.378 e. The molecule has 6 heteroatoms. The van der Waals surface area contributed by atoms with Crippen molar-refractivity contribution in [2.45, 2.75) is 6.54 Å². The summed E-state index contributed by atoms with van der Waals surface area (Å²) < 4.78 is 1.58. The Labute approximate surface area is 116 Å². The van der Waals surface area contributed by atoms with Crippen molar-refractivity contribution in [3.05, 3.63) is 41.9 Å². The smallest absolute Gasteiger partial charge is 0.244 e. The molecule has 1 aromatic heterocycles. The van der Waals surface area contributed by atoms with E-state index in [0.29, 0.717) is 5.28 Å². The summed E-state index contributed by atoms with van der Waals surface area (Å²) >= 11 is 5.82. The minimum atomic E-state index is -0.143. The molecule has 1 aromatic carbocycles. The number of amides is 1. The highest BCUT2D eigenvalue weighted by atomic mass is 35.5. The van der Waals surface area contributed by atoms with Gasteiger partial charge in [0.2, 0.25) is 11.2 Å². The van der Waals surface area contributed by atoms with Crippen LogP contribution < -0.4 is 10.2 Å². The lowest BCUT2D eigenvalue weighted by Gasteiger charge is -2.14. The lowest BCUT2D eigenvalue weighted by atomic mass is 10.2. The van der Waals surface area contributed by atoms with E-state index in [1.165, 1.54) is 0 Å². The molecule has 0 saturated carbocycles. The second kappa shape index (κ2) is 5.75. The number of nitrogens with one attached hydrogen (secondary N) is 1. The number of anilines is 2. The molecule has 100 valence electrons. The maximum atomic E-state index is 11.9. The monoisotopic (exact) mass is 278 g/mol. The Morgan fingerprint density at radius 2 is 2.26 bits per heavy atom. The van der Waals surface area contributed by atoms with Crippen molar-refractivity contribution in [2.24, 2.45) is 0 Å². The van der Waals surface area contributed by atoms with Crippen molar-refractivity contribution < 1.29 is 4.79 Å². The fourth-order valence-electron chi connectivity index (χ4n) is 1.65. The number of carbonyl (C=O) groups is 1. The summed E-state index contributed by atoms with van der Waals surface area (Å²) in [7, 11) is 3.90. The van der Waals surface area contributed by atoms with Crippen molar-refractivity contribution in [3.63, 3.8) is 0 Å². The molecule has 1 amide bonds. The van der Waals surface area contributed by atoms with Gasteiger partial charge in [0.15, 0.2) is 0 Å². The van der Waals surface area contributed by atoms with E-state index in [9.17, 15) is 4.79 Å². The zero-order chi connectivity index (χ0) is 13.8. The molecule has 19 heavy (non-hydrogen) atoms. The van der Waals surface area contributed by atoms with Crippen LogP contribution in [0, 0.1) is 0 Å². The maximum Gasteiger partial charge on any atom is 0.244 e. The molecule has 0 aliphatic rings. The van der Waals surface area contributed by atoms with Gasteiger partial charge in [-0.05, 0) is 29.8 Å². The first-order valence-corrected chi connectivity index (χ1v) is 6.18. The molecule has 1 N–H and O–H groups in total. The number of imidazole rings is 1. The van der Waals surface area contributed by atoms with Crippen LogP contribution in [0.3, 0.4) is 0 Å². The van der Waals surface area contributed by atoms with Gasteiger partial charge < -0.3 is 14.8 Å². The van der Waals surface area contributed by atoms with Gasteiger partial charge in [0, 0.05) is 37.9 Å². The average molecular weight is 279 g/mol. The number of rotatable bonds is 4. The van der Waals surface area contributed by atoms with Crippen molar-refractivity contribution >= 4 is 28.9 Å². The summed E-state index contributed by atoms with van der Waals surface area (Å²) in [5.41, 5.74) is 1.78. The van der Waals surface area contributed by atoms with Gasteiger partial charge in [-0.3, -0.25) is 4.79 Å². The summed E-state index contributed by atoms with van der Waals surface area (Å²) in [4.78, 5) is 17.7. The zero-order valence-electron chi connectivity index (χ0n) is 10.8. The molecule has 0 radical (unpaired) electrons. The van der Waals surface area contributed by atoms with E-state index in [4.69, 9.17) is 11.6 Å². The predicted octanol–water partition coefficient (Wildman–Crippen LogP) is 2.24. The van der Waals surface area contributed by atoms with Crippen LogP contribution in [0.2, 0.25) is 5.28 Å². The van der Waals surface area contributed by atoms with Gasteiger partial charge in [-0.1, -0.05) is 6.07 Å². The number of nitrogens with zero attached hydrogens (tertiary/aromatic N) is 3. The molecular formula is C13H15ClN4O. The van der Waals surface area contributed by atoms with Gasteiger partial charge in [0.25, 0.3) is 0 Å². The molecule has 0 spiro atoms. The van der Waals surface area contributed by atoms with Gasteiger partial charge in [-0.2, -0.15) is 0 Å². The van der Waals surface area contributed by atoms with Crippen LogP contribution in [0.1, 0.15) is 0 Å². The molecule has 0 saturated heterocycles. The highest BCUT2D eigenvalue weighted by molar-refractivity contribution is 6.28. The summed E-state index contributed by atoms with van der Waals surface area (Å²) in [6.45, 7) is 0.144. The number of aromatic nitrogens is 2. The van der Waals surface area contributed by atoms with Gasteiger partial charge >= 0.3 is 0 Å². The van der Waals surface area contributed by atoms with Gasteiger partial charge in [0.05, 0.1) is 0 Å². The molecular weight excluding hydrogens is 264 g/mol. The Kier molecular flexibility index (Phi) is 4.06. The molecule has 1 heterocycles. The van der Waals surface area contributed by atoms with Gasteiger partial charge in [-0.15, -0.1) is 0 Å². The summed E-state index contributed by atoms with van der Waals surface area (Å²) in [6.07, 6.45) is 3.22. The van der Waals surface area contributed by atoms with Crippen molar-refractivity contribution in [2.75, 3.05) is 24.3 Å². The Morgan fingerprint density at radius 3 is 2.89 bits per heavy atom. The third kappa shape index (κ3) is 3.48. The van der Waals surface area contributed by atoms with E-state index in [1.807, 2.05) is 43.3 Å². The molecule has 2 rings (SSSR count). The Bertz CT molecular complexity index is 580. The van der Waals surface area contributed by atoms with Crippen LogP contribution in [0.25, 0.3) is 0 Å². The fraction of sp³-hybridized carbons (Fsp3) is 0.231. The van der Waals surface area contributed by atoms with E-state index < -0.39 is 0 Å². The third-order valence-corrected chi connectivity index (χ3v) is 2.94. The molecule has 0 aliphatic heterocycles. The highest BCUT2D eigenvalue weighted by Gasteiger charge is 2.07. The number of hydrogen-bond acceptors (Lipinski definition) is 3. The van der Waals surface area contributed by atoms with Crippen LogP contribution in [-0.2, 0) is 11.3 Å². The van der Waals surface area contributed by atoms with Crippen LogP contribution in [0.4, 0.5) is 11.4 Å². The Hall–Kier alpha value is -2.01. The van der Waals surface area contributed by atoms with E-state index in [2.05, 4.69) is 10.3 Å². The molecule has 0 aliphatic carbocycles. The summed E-state index contributed by atoms with van der Waals surface area (Å²) in [5, 5.41) is 3.13. The summed E-state index contributed by atoms with van der Waals surface area (Å²) in [6, 6.07) is 7.63. The molecule has 5 nitrogen and oxygen atoms in total. The first-order chi connectivity index (χ1) is 9.06. The Balaban J connectivity index is 2.03. The van der Waals surface area contributed by atoms with Gasteiger partial charge in [0.1, 0.15) is 6.54 Å². The minimum absolute atomic E-state index is 0.143. The standard InChI is InChI=1S/C13H15ClN4O/c1-17(2)11-5-3-4-10(8-11)16-12(19)9-18-7-6-15-13(18)14/h3-8H,9H2,1-2H3,(H,16,19). The third-order valence-electron chi connectivity index (χ3n) is 2.62. The maximum absolute atomic E-state index is 11.9. The number of halogens is 1. The summed E-state index contributed by atoms with van der Waals surface area (Å²) in [5.74, 6) is -0.143. The van der Waals surface area contributed by atoms with E-state index in [-0.39, 0.29) is 12.5 Å². The SMILES string of the molecule is CN(C)c1cccc(NC(=O)Cn2ccnc2Cl)c1. The van der Waals surface area contributed by atoms with Crippen molar-refractivity contribution in [1.29, 1.82) is 0 Å². The number of carbonyl (C=O) groups excluding carboxylic acids is 1. The normalized spacial score (nSPS) is 10.3. The highest BCUT2D eigenvalue weighted by Crippen LogP contribution is 2.17. The van der Waals surface area contributed by atoms with Crippen LogP contribution >= 0.6 is 11.6 Å². The number of benzene rings is 1. The number of hydrogen-bond donors (Lipinski definition) is 1. The fourth-order valence-corrected chi connectivity index (χ4v) is 1.82. The lowest BCUT2D eigenvalue weighted by molar-refractivity contribution is -0.116. The van der Waals surface area contributed by atoms with Gasteiger partial charge in [-0.25, -0.2) is 4.98 Å². The quantitative estimate of drug-likeness (QED) is 0.933. The van der Waals surface area contributed by atoms with E-state index in [1.54, 1.807) is 17.0 Å². The van der Waals surface area contributed by atoms with Crippen LogP contribution in [-0.4, -0.2) is 29.6 Å². The second-order valence-corrected chi connectivity index (χ2v) is 4.66. The van der Waals surface area contributed by atoms with Crippen molar-refractivity contribution in [3.8, 4) is 0 Å². The molecule has 0 bridgehead atoms. The topological polar surface area (TPSA) is 50.2 Å². The molecule has 0 unspecified atom stereocenters. The zero-order valence-corrected chi connectivity index (χ0v) is 11.6. The first-order valence-electron chi connectivity index (χ1n) is 5.80. The molecule has 0 fully saturated rings. The minimum Gasteiger partial charge on any atom is -0.378 e. The average Bonchev–Trinajstić information content (AvgIpc) is 2.75. The van der Waals surface area contributed by atoms with Crippen molar-refractivity contribution in [1.82, 2.24) is 9.55 Å². The predicted molar refractivity (Wildman–Crippen MR) is 76.6 cm³/mol. The van der Waals surface area contributed by atoms with E-state index >= 15 is 0 Å². The molecule has 0 atom stereocenters. The second-order valence-electron chi connectivity index (χ2n) is 4.32.